The fourth-order valence-electron chi connectivity index (χ4n) is 1.53. The van der Waals surface area contributed by atoms with Crippen LogP contribution in [0.4, 0.5) is 5.69 Å². The highest BCUT2D eigenvalue weighted by atomic mass is 35.5. The molecule has 0 aromatic heterocycles. The van der Waals surface area contributed by atoms with Crippen LogP contribution in [-0.4, -0.2) is 15.5 Å². The molecule has 2 rings (SSSR count). The van der Waals surface area contributed by atoms with Gasteiger partial charge in [-0.3, -0.25) is 4.72 Å². The van der Waals surface area contributed by atoms with Gasteiger partial charge in [0.25, 0.3) is 10.0 Å². The van der Waals surface area contributed by atoms with E-state index in [1.54, 1.807) is 43.5 Å². The number of sulfonamides is 1. The van der Waals surface area contributed by atoms with Crippen molar-refractivity contribution in [2.75, 3.05) is 11.8 Å². The summed E-state index contributed by atoms with van der Waals surface area (Å²) in [6.45, 7) is 0. The first-order valence-corrected chi connectivity index (χ1v) is 7.30. The molecular weight excluding hydrogens is 286 g/mol. The molecule has 0 spiro atoms. The minimum absolute atomic E-state index is 0.0486. The molecule has 0 aliphatic heterocycles. The maximum absolute atomic E-state index is 12.2. The Hall–Kier alpha value is -1.72. The first-order valence-electron chi connectivity index (χ1n) is 5.44. The quantitative estimate of drug-likeness (QED) is 0.943. The van der Waals surface area contributed by atoms with Crippen molar-refractivity contribution in [3.63, 3.8) is 0 Å². The van der Waals surface area contributed by atoms with E-state index < -0.39 is 10.0 Å². The lowest BCUT2D eigenvalue weighted by Crippen LogP contribution is -2.13. The molecule has 0 radical (unpaired) electrons. The summed E-state index contributed by atoms with van der Waals surface area (Å²) in [5, 5.41) is 0.184. The first-order chi connectivity index (χ1) is 9.03. The molecule has 0 saturated carbocycles. The number of hydrogen-bond acceptors (Lipinski definition) is 3. The van der Waals surface area contributed by atoms with E-state index in [2.05, 4.69) is 4.72 Å². The minimum atomic E-state index is -3.69. The van der Waals surface area contributed by atoms with Crippen LogP contribution in [0.2, 0.25) is 5.02 Å². The van der Waals surface area contributed by atoms with Gasteiger partial charge in [0.2, 0.25) is 0 Å². The number of hydrogen-bond donors (Lipinski definition) is 1. The second kappa shape index (κ2) is 5.50. The fourth-order valence-corrected chi connectivity index (χ4v) is 3.11. The number of methoxy groups -OCH3 is 1. The maximum atomic E-state index is 12.2. The summed E-state index contributed by atoms with van der Waals surface area (Å²) in [5.74, 6) is 0.653. The van der Waals surface area contributed by atoms with Gasteiger partial charge in [0.1, 0.15) is 10.6 Å². The molecule has 2 aromatic rings. The zero-order valence-corrected chi connectivity index (χ0v) is 11.7. The Morgan fingerprint density at radius 2 is 1.68 bits per heavy atom. The van der Waals surface area contributed by atoms with Gasteiger partial charge in [-0.25, -0.2) is 8.42 Å². The summed E-state index contributed by atoms with van der Waals surface area (Å²) in [4.78, 5) is 0.0486. The second-order valence-electron chi connectivity index (χ2n) is 3.76. The van der Waals surface area contributed by atoms with Crippen LogP contribution in [-0.2, 0) is 10.0 Å². The average molecular weight is 298 g/mol. The van der Waals surface area contributed by atoms with E-state index in [0.29, 0.717) is 11.4 Å². The van der Waals surface area contributed by atoms with Crippen LogP contribution in [0, 0.1) is 0 Å². The zero-order chi connectivity index (χ0) is 13.9. The van der Waals surface area contributed by atoms with Crippen LogP contribution in [0.5, 0.6) is 5.75 Å². The second-order valence-corrected chi connectivity index (χ2v) is 5.82. The topological polar surface area (TPSA) is 55.4 Å². The van der Waals surface area contributed by atoms with E-state index in [4.69, 9.17) is 16.3 Å². The third-order valence-corrected chi connectivity index (χ3v) is 4.35. The van der Waals surface area contributed by atoms with Gasteiger partial charge in [0, 0.05) is 5.69 Å². The number of anilines is 1. The number of halogens is 1. The van der Waals surface area contributed by atoms with Gasteiger partial charge in [-0.2, -0.15) is 0 Å². The van der Waals surface area contributed by atoms with E-state index in [9.17, 15) is 8.42 Å². The SMILES string of the molecule is COc1ccc(NS(=O)(=O)c2ccccc2Cl)cc1. The van der Waals surface area contributed by atoms with Crippen molar-refractivity contribution in [1.29, 1.82) is 0 Å². The van der Waals surface area contributed by atoms with Crippen molar-refractivity contribution in [1.82, 2.24) is 0 Å². The molecular formula is C13H12ClNO3S. The Bertz CT molecular complexity index is 669. The van der Waals surface area contributed by atoms with E-state index in [0.717, 1.165) is 0 Å². The van der Waals surface area contributed by atoms with Gasteiger partial charge in [0.05, 0.1) is 12.1 Å². The third kappa shape index (κ3) is 3.19. The molecule has 100 valence electrons. The Morgan fingerprint density at radius 3 is 2.26 bits per heavy atom. The number of rotatable bonds is 4. The van der Waals surface area contributed by atoms with E-state index in [-0.39, 0.29) is 9.92 Å². The Morgan fingerprint density at radius 1 is 1.05 bits per heavy atom. The van der Waals surface area contributed by atoms with E-state index >= 15 is 0 Å². The largest absolute Gasteiger partial charge is 0.497 e. The normalized spacial score (nSPS) is 11.1. The molecule has 0 bridgehead atoms. The monoisotopic (exact) mass is 297 g/mol. The van der Waals surface area contributed by atoms with Gasteiger partial charge in [0.15, 0.2) is 0 Å². The molecule has 0 aliphatic rings. The van der Waals surface area contributed by atoms with Crippen LogP contribution in [0.3, 0.4) is 0 Å². The lowest BCUT2D eigenvalue weighted by Gasteiger charge is -2.09. The molecule has 0 atom stereocenters. The van der Waals surface area contributed by atoms with Crippen molar-refractivity contribution in [3.8, 4) is 5.75 Å². The molecule has 2 aromatic carbocycles. The van der Waals surface area contributed by atoms with Crippen LogP contribution < -0.4 is 9.46 Å². The molecule has 0 aliphatic carbocycles. The summed E-state index contributed by atoms with van der Waals surface area (Å²) in [6.07, 6.45) is 0. The minimum Gasteiger partial charge on any atom is -0.497 e. The third-order valence-electron chi connectivity index (χ3n) is 2.47. The predicted octanol–water partition coefficient (Wildman–Crippen LogP) is 3.15. The van der Waals surface area contributed by atoms with Gasteiger partial charge >= 0.3 is 0 Å². The summed E-state index contributed by atoms with van der Waals surface area (Å²) < 4.78 is 31.8. The lowest BCUT2D eigenvalue weighted by atomic mass is 10.3. The molecule has 0 heterocycles. The van der Waals surface area contributed by atoms with Crippen molar-refractivity contribution in [3.05, 3.63) is 53.6 Å². The smallest absolute Gasteiger partial charge is 0.263 e. The lowest BCUT2D eigenvalue weighted by molar-refractivity contribution is 0.415. The van der Waals surface area contributed by atoms with Crippen LogP contribution in [0.15, 0.2) is 53.4 Å². The first kappa shape index (κ1) is 13.7. The standard InChI is InChI=1S/C13H12ClNO3S/c1-18-11-8-6-10(7-9-11)15-19(16,17)13-5-3-2-4-12(13)14/h2-9,15H,1H3. The predicted molar refractivity (Wildman–Crippen MR) is 75.3 cm³/mol. The van der Waals surface area contributed by atoms with Crippen molar-refractivity contribution in [2.45, 2.75) is 4.90 Å². The summed E-state index contributed by atoms with van der Waals surface area (Å²) in [6, 6.07) is 12.9. The molecule has 0 amide bonds. The summed E-state index contributed by atoms with van der Waals surface area (Å²) in [7, 11) is -2.14. The van der Waals surface area contributed by atoms with Crippen LogP contribution >= 0.6 is 11.6 Å². The highest BCUT2D eigenvalue weighted by Gasteiger charge is 2.17. The molecule has 19 heavy (non-hydrogen) atoms. The molecule has 0 unspecified atom stereocenters. The van der Waals surface area contributed by atoms with Crippen molar-refractivity contribution < 1.29 is 13.2 Å². The Kier molecular flexibility index (Phi) is 3.97. The van der Waals surface area contributed by atoms with Gasteiger partial charge in [-0.1, -0.05) is 23.7 Å². The number of benzene rings is 2. The van der Waals surface area contributed by atoms with Crippen LogP contribution in [0.1, 0.15) is 0 Å². The average Bonchev–Trinajstić information content (AvgIpc) is 2.39. The fraction of sp³-hybridized carbons (Fsp3) is 0.0769. The van der Waals surface area contributed by atoms with Gasteiger partial charge in [-0.05, 0) is 36.4 Å². The zero-order valence-electron chi connectivity index (χ0n) is 10.1. The summed E-state index contributed by atoms with van der Waals surface area (Å²) in [5.41, 5.74) is 0.445. The molecule has 6 heteroatoms. The maximum Gasteiger partial charge on any atom is 0.263 e. The molecule has 0 saturated heterocycles. The highest BCUT2D eigenvalue weighted by Crippen LogP contribution is 2.24. The van der Waals surface area contributed by atoms with Gasteiger partial charge in [-0.15, -0.1) is 0 Å². The van der Waals surface area contributed by atoms with E-state index in [1.165, 1.54) is 12.1 Å². The molecule has 1 N–H and O–H groups in total. The molecule has 0 fully saturated rings. The molecule has 4 nitrogen and oxygen atoms in total. The van der Waals surface area contributed by atoms with Gasteiger partial charge < -0.3 is 4.74 Å². The summed E-state index contributed by atoms with van der Waals surface area (Å²) >= 11 is 5.88. The Labute approximate surface area is 117 Å². The number of nitrogens with one attached hydrogen (secondary N) is 1. The van der Waals surface area contributed by atoms with E-state index in [1.807, 2.05) is 0 Å². The number of ether oxygens (including phenoxy) is 1. The Balaban J connectivity index is 2.28. The van der Waals surface area contributed by atoms with Crippen LogP contribution in [0.25, 0.3) is 0 Å². The van der Waals surface area contributed by atoms with Crippen molar-refractivity contribution in [2.24, 2.45) is 0 Å². The van der Waals surface area contributed by atoms with Crippen molar-refractivity contribution >= 4 is 27.3 Å². The highest BCUT2D eigenvalue weighted by molar-refractivity contribution is 7.92.